The second kappa shape index (κ2) is 4.03. The van der Waals surface area contributed by atoms with Gasteiger partial charge in [0.1, 0.15) is 0 Å². The fourth-order valence-electron chi connectivity index (χ4n) is 2.28. The average Bonchev–Trinajstić information content (AvgIpc) is 2.18. The molecule has 0 saturated heterocycles. The molecular formula is C12H16BrN. The topological polar surface area (TPSA) is 3.24 Å². The van der Waals surface area contributed by atoms with Crippen molar-refractivity contribution in [1.82, 2.24) is 4.90 Å². The summed E-state index contributed by atoms with van der Waals surface area (Å²) in [5.74, 6) is 0. The molecule has 1 aliphatic rings. The smallest absolute Gasteiger partial charge is 0.0322 e. The fourth-order valence-corrected chi connectivity index (χ4v) is 2.69. The summed E-state index contributed by atoms with van der Waals surface area (Å²) < 4.78 is 1.20. The van der Waals surface area contributed by atoms with E-state index in [4.69, 9.17) is 0 Å². The van der Waals surface area contributed by atoms with Crippen molar-refractivity contribution in [3.8, 4) is 0 Å². The zero-order valence-corrected chi connectivity index (χ0v) is 10.3. The molecule has 1 aromatic rings. The first-order valence-electron chi connectivity index (χ1n) is 5.24. The van der Waals surface area contributed by atoms with Crippen LogP contribution >= 0.6 is 15.9 Å². The molecule has 0 spiro atoms. The van der Waals surface area contributed by atoms with E-state index in [-0.39, 0.29) is 0 Å². The number of likely N-dealkylation sites (N-methyl/N-ethyl adjacent to an activating group) is 1. The number of hydrogen-bond acceptors (Lipinski definition) is 1. The zero-order chi connectivity index (χ0) is 10.1. The summed E-state index contributed by atoms with van der Waals surface area (Å²) in [6, 6.07) is 7.25. The van der Waals surface area contributed by atoms with Crippen LogP contribution < -0.4 is 0 Å². The minimum atomic E-state index is 0.580. The first-order valence-corrected chi connectivity index (χ1v) is 6.04. The number of fused-ring (bicyclic) bond motifs is 1. The van der Waals surface area contributed by atoms with Crippen LogP contribution in [-0.2, 0) is 6.42 Å². The van der Waals surface area contributed by atoms with E-state index in [9.17, 15) is 0 Å². The maximum absolute atomic E-state index is 3.53. The maximum Gasteiger partial charge on any atom is 0.0322 e. The normalized spacial score (nSPS) is 22.1. The Morgan fingerprint density at radius 2 is 2.29 bits per heavy atom. The molecule has 0 amide bonds. The molecular weight excluding hydrogens is 238 g/mol. The molecule has 2 heteroatoms. The van der Waals surface area contributed by atoms with Gasteiger partial charge in [-0.05, 0) is 43.1 Å². The van der Waals surface area contributed by atoms with Crippen molar-refractivity contribution >= 4 is 15.9 Å². The van der Waals surface area contributed by atoms with Crippen LogP contribution in [0, 0.1) is 0 Å². The first kappa shape index (κ1) is 10.2. The van der Waals surface area contributed by atoms with Crippen molar-refractivity contribution in [2.45, 2.75) is 26.3 Å². The Balaban J connectivity index is 2.36. The van der Waals surface area contributed by atoms with Crippen molar-refractivity contribution < 1.29 is 0 Å². The van der Waals surface area contributed by atoms with Crippen molar-refractivity contribution in [3.63, 3.8) is 0 Å². The highest BCUT2D eigenvalue weighted by Crippen LogP contribution is 2.30. The third kappa shape index (κ3) is 1.73. The third-order valence-corrected chi connectivity index (χ3v) is 3.67. The van der Waals surface area contributed by atoms with E-state index in [0.29, 0.717) is 6.04 Å². The van der Waals surface area contributed by atoms with E-state index in [1.165, 1.54) is 28.6 Å². The second-order valence-electron chi connectivity index (χ2n) is 3.90. The summed E-state index contributed by atoms with van der Waals surface area (Å²) in [4.78, 5) is 2.52. The molecule has 1 unspecified atom stereocenters. The van der Waals surface area contributed by atoms with Gasteiger partial charge in [-0.3, -0.25) is 4.90 Å². The predicted molar refractivity (Wildman–Crippen MR) is 63.5 cm³/mol. The van der Waals surface area contributed by atoms with Crippen LogP contribution in [0.3, 0.4) is 0 Å². The molecule has 76 valence electrons. The van der Waals surface area contributed by atoms with Crippen LogP contribution in [0.1, 0.15) is 31.0 Å². The summed E-state index contributed by atoms with van der Waals surface area (Å²) in [7, 11) is 0. The lowest BCUT2D eigenvalue weighted by atomic mass is 9.94. The van der Waals surface area contributed by atoms with Gasteiger partial charge >= 0.3 is 0 Å². The van der Waals surface area contributed by atoms with Crippen LogP contribution in [0.15, 0.2) is 22.7 Å². The summed E-state index contributed by atoms with van der Waals surface area (Å²) in [5, 5.41) is 0. The summed E-state index contributed by atoms with van der Waals surface area (Å²) in [6.07, 6.45) is 1.19. The molecule has 1 nitrogen and oxygen atoms in total. The van der Waals surface area contributed by atoms with E-state index in [0.717, 1.165) is 6.54 Å². The molecule has 0 radical (unpaired) electrons. The quantitative estimate of drug-likeness (QED) is 0.742. The molecule has 1 aromatic carbocycles. The zero-order valence-electron chi connectivity index (χ0n) is 8.76. The highest BCUT2D eigenvalue weighted by Gasteiger charge is 2.21. The van der Waals surface area contributed by atoms with Crippen LogP contribution in [-0.4, -0.2) is 18.0 Å². The van der Waals surface area contributed by atoms with Crippen LogP contribution in [0.5, 0.6) is 0 Å². The number of rotatable bonds is 1. The monoisotopic (exact) mass is 253 g/mol. The number of benzene rings is 1. The first-order chi connectivity index (χ1) is 6.72. The molecule has 0 bridgehead atoms. The van der Waals surface area contributed by atoms with Crippen molar-refractivity contribution in [2.24, 2.45) is 0 Å². The SMILES string of the molecule is CCN1CCc2cc(Br)ccc2C1C. The Bertz CT molecular complexity index is 335. The van der Waals surface area contributed by atoms with Crippen LogP contribution in [0.4, 0.5) is 0 Å². The maximum atomic E-state index is 3.53. The van der Waals surface area contributed by atoms with E-state index < -0.39 is 0 Å². The molecule has 1 heterocycles. The van der Waals surface area contributed by atoms with Gasteiger partial charge < -0.3 is 0 Å². The average molecular weight is 254 g/mol. The van der Waals surface area contributed by atoms with E-state index in [2.05, 4.69) is 52.9 Å². The van der Waals surface area contributed by atoms with Gasteiger partial charge in [-0.15, -0.1) is 0 Å². The van der Waals surface area contributed by atoms with Gasteiger partial charge in [-0.2, -0.15) is 0 Å². The highest BCUT2D eigenvalue weighted by molar-refractivity contribution is 9.10. The lowest BCUT2D eigenvalue weighted by molar-refractivity contribution is 0.209. The van der Waals surface area contributed by atoms with E-state index in [1.54, 1.807) is 0 Å². The van der Waals surface area contributed by atoms with Gasteiger partial charge in [-0.1, -0.05) is 28.9 Å². The van der Waals surface area contributed by atoms with Crippen LogP contribution in [0.2, 0.25) is 0 Å². The highest BCUT2D eigenvalue weighted by atomic mass is 79.9. The summed E-state index contributed by atoms with van der Waals surface area (Å²) >= 11 is 3.53. The fraction of sp³-hybridized carbons (Fsp3) is 0.500. The molecule has 14 heavy (non-hydrogen) atoms. The lowest BCUT2D eigenvalue weighted by Crippen LogP contribution is -2.33. The van der Waals surface area contributed by atoms with Gasteiger partial charge in [-0.25, -0.2) is 0 Å². The number of nitrogens with zero attached hydrogens (tertiary/aromatic N) is 1. The van der Waals surface area contributed by atoms with Gasteiger partial charge in [0.05, 0.1) is 0 Å². The Kier molecular flexibility index (Phi) is 2.93. The largest absolute Gasteiger partial charge is 0.297 e. The molecule has 0 saturated carbocycles. The Morgan fingerprint density at radius 1 is 1.50 bits per heavy atom. The second-order valence-corrected chi connectivity index (χ2v) is 4.81. The van der Waals surface area contributed by atoms with Crippen molar-refractivity contribution in [2.75, 3.05) is 13.1 Å². The molecule has 1 atom stereocenters. The predicted octanol–water partition coefficient (Wildman–Crippen LogP) is 3.39. The third-order valence-electron chi connectivity index (χ3n) is 3.18. The van der Waals surface area contributed by atoms with Gasteiger partial charge in [0.15, 0.2) is 0 Å². The number of halogens is 1. The molecule has 0 N–H and O–H groups in total. The Morgan fingerprint density at radius 3 is 3.00 bits per heavy atom. The molecule has 2 rings (SSSR count). The van der Waals surface area contributed by atoms with Gasteiger partial charge in [0.2, 0.25) is 0 Å². The molecule has 1 aliphatic heterocycles. The van der Waals surface area contributed by atoms with Gasteiger partial charge in [0, 0.05) is 17.1 Å². The van der Waals surface area contributed by atoms with Crippen molar-refractivity contribution in [3.05, 3.63) is 33.8 Å². The van der Waals surface area contributed by atoms with Crippen molar-refractivity contribution in [1.29, 1.82) is 0 Å². The number of hydrogen-bond donors (Lipinski definition) is 0. The standard InChI is InChI=1S/C12H16BrN/c1-3-14-7-6-10-8-11(13)4-5-12(10)9(14)2/h4-5,8-9H,3,6-7H2,1-2H3. The van der Waals surface area contributed by atoms with Crippen LogP contribution in [0.25, 0.3) is 0 Å². The van der Waals surface area contributed by atoms with Gasteiger partial charge in [0.25, 0.3) is 0 Å². The van der Waals surface area contributed by atoms with E-state index >= 15 is 0 Å². The Hall–Kier alpha value is -0.340. The molecule has 0 fully saturated rings. The van der Waals surface area contributed by atoms with E-state index in [1.807, 2.05) is 0 Å². The summed E-state index contributed by atoms with van der Waals surface area (Å²) in [5.41, 5.74) is 3.01. The lowest BCUT2D eigenvalue weighted by Gasteiger charge is -2.34. The molecule has 0 aliphatic carbocycles. The minimum absolute atomic E-state index is 0.580. The molecule has 0 aromatic heterocycles. The summed E-state index contributed by atoms with van der Waals surface area (Å²) in [6.45, 7) is 6.88. The Labute approximate surface area is 94.2 Å². The minimum Gasteiger partial charge on any atom is -0.297 e.